The highest BCUT2D eigenvalue weighted by Crippen LogP contribution is 2.64. The monoisotopic (exact) mass is 523 g/mol. The Morgan fingerprint density at radius 1 is 1.08 bits per heavy atom. The third-order valence-corrected chi connectivity index (χ3v) is 9.68. The van der Waals surface area contributed by atoms with Crippen molar-refractivity contribution < 1.29 is 19.4 Å². The Morgan fingerprint density at radius 3 is 2.51 bits per heavy atom. The van der Waals surface area contributed by atoms with Crippen molar-refractivity contribution in [1.82, 2.24) is 0 Å². The molecule has 2 fully saturated rings. The number of ketones is 1. The summed E-state index contributed by atoms with van der Waals surface area (Å²) in [4.78, 5) is 14.4. The molecular weight excluding hydrogens is 486 g/mol. The van der Waals surface area contributed by atoms with E-state index < -0.39 is 11.0 Å². The minimum atomic E-state index is -1.13. The molecule has 0 aromatic heterocycles. The van der Waals surface area contributed by atoms with E-state index in [0.717, 1.165) is 41.8 Å². The van der Waals surface area contributed by atoms with Crippen LogP contribution in [0, 0.1) is 23.2 Å². The number of rotatable bonds is 3. The summed E-state index contributed by atoms with van der Waals surface area (Å²) in [5, 5.41) is 12.2. The van der Waals surface area contributed by atoms with E-state index in [1.165, 1.54) is 16.7 Å². The summed E-state index contributed by atoms with van der Waals surface area (Å²) >= 11 is 0. The van der Waals surface area contributed by atoms with Gasteiger partial charge in [-0.3, -0.25) is 4.79 Å². The van der Waals surface area contributed by atoms with Gasteiger partial charge in [0, 0.05) is 43.1 Å². The molecule has 1 heterocycles. The number of aliphatic hydroxyl groups is 1. The van der Waals surface area contributed by atoms with E-state index in [4.69, 9.17) is 9.47 Å². The van der Waals surface area contributed by atoms with E-state index >= 15 is 0 Å². The van der Waals surface area contributed by atoms with Gasteiger partial charge in [0.1, 0.15) is 11.4 Å². The van der Waals surface area contributed by atoms with Crippen LogP contribution in [0.25, 0.3) is 0 Å². The molecular formula is C34H37NO4. The second-order valence-corrected chi connectivity index (χ2v) is 11.9. The fourth-order valence-electron chi connectivity index (χ4n) is 7.38. The van der Waals surface area contributed by atoms with Crippen LogP contribution in [0.1, 0.15) is 56.1 Å². The lowest BCUT2D eigenvalue weighted by Crippen LogP contribution is -2.53. The minimum Gasteiger partial charge on any atom is -0.497 e. The molecule has 202 valence electrons. The van der Waals surface area contributed by atoms with Crippen LogP contribution in [0.2, 0.25) is 0 Å². The number of benzene rings is 2. The Bertz CT molecular complexity index is 1410. The summed E-state index contributed by atoms with van der Waals surface area (Å²) in [7, 11) is 5.75. The number of allylic oxidation sites excluding steroid dienone is 1. The predicted octanol–water partition coefficient (Wildman–Crippen LogP) is 5.43. The van der Waals surface area contributed by atoms with E-state index in [0.29, 0.717) is 19.4 Å². The highest BCUT2D eigenvalue weighted by Gasteiger charge is 2.63. The van der Waals surface area contributed by atoms with Gasteiger partial charge >= 0.3 is 0 Å². The molecule has 5 nitrogen and oxygen atoms in total. The van der Waals surface area contributed by atoms with Gasteiger partial charge < -0.3 is 19.5 Å². The van der Waals surface area contributed by atoms with Gasteiger partial charge in [0.25, 0.3) is 0 Å². The Morgan fingerprint density at radius 2 is 1.82 bits per heavy atom. The lowest BCUT2D eigenvalue weighted by Gasteiger charge is -2.53. The summed E-state index contributed by atoms with van der Waals surface area (Å²) in [6.45, 7) is 2.68. The zero-order chi connectivity index (χ0) is 27.4. The van der Waals surface area contributed by atoms with Gasteiger partial charge in [-0.25, -0.2) is 0 Å². The first kappa shape index (κ1) is 25.9. The van der Waals surface area contributed by atoms with Crippen molar-refractivity contribution in [1.29, 1.82) is 0 Å². The maximum Gasteiger partial charge on any atom is 0.156 e. The third kappa shape index (κ3) is 4.31. The molecule has 0 saturated heterocycles. The van der Waals surface area contributed by atoms with E-state index in [9.17, 15) is 9.90 Å². The number of hydrogen-bond donors (Lipinski definition) is 1. The van der Waals surface area contributed by atoms with Crippen LogP contribution in [0.5, 0.6) is 5.75 Å². The summed E-state index contributed by atoms with van der Waals surface area (Å²) in [6, 6.07) is 16.4. The molecule has 1 N–H and O–H groups in total. The van der Waals surface area contributed by atoms with Gasteiger partial charge in [-0.15, -0.1) is 0 Å². The van der Waals surface area contributed by atoms with Gasteiger partial charge in [0.05, 0.1) is 19.8 Å². The Balaban J connectivity index is 1.43. The third-order valence-electron chi connectivity index (χ3n) is 9.68. The standard InChI is InChI=1S/C34H37NO4/c1-33-20-29(23-7-9-25(10-8-23)35(2)3)31-28-14-11-26(36)19-24(28)21-39-32(31)30(33)16-18-34(33,37)17-15-22-5-12-27(38-4)13-6-22/h5-10,12-13,19,29-30,32,37H,11,14,16,18,20-21H2,1-4H3. The molecule has 4 aliphatic rings. The number of ether oxygens (including phenoxy) is 2. The zero-order valence-electron chi connectivity index (χ0n) is 23.3. The van der Waals surface area contributed by atoms with Crippen LogP contribution in [-0.2, 0) is 9.53 Å². The molecule has 0 radical (unpaired) electrons. The van der Waals surface area contributed by atoms with E-state index in [1.54, 1.807) is 13.2 Å². The summed E-state index contributed by atoms with van der Waals surface area (Å²) < 4.78 is 11.9. The molecule has 2 aromatic rings. The predicted molar refractivity (Wildman–Crippen MR) is 153 cm³/mol. The number of carbonyl (C=O) groups is 1. The van der Waals surface area contributed by atoms with Crippen LogP contribution in [0.15, 0.2) is 71.3 Å². The molecule has 5 unspecified atom stereocenters. The van der Waals surface area contributed by atoms with Crippen molar-refractivity contribution in [3.05, 3.63) is 82.5 Å². The van der Waals surface area contributed by atoms with E-state index in [-0.39, 0.29) is 23.7 Å². The molecule has 5 atom stereocenters. The van der Waals surface area contributed by atoms with Gasteiger partial charge in [0.15, 0.2) is 5.78 Å². The molecule has 5 heteroatoms. The summed E-state index contributed by atoms with van der Waals surface area (Å²) in [6.07, 6.45) is 5.31. The molecule has 0 spiro atoms. The van der Waals surface area contributed by atoms with Gasteiger partial charge in [-0.05, 0) is 96.4 Å². The molecule has 39 heavy (non-hydrogen) atoms. The molecule has 2 saturated carbocycles. The first-order valence-corrected chi connectivity index (χ1v) is 14.0. The van der Waals surface area contributed by atoms with Crippen LogP contribution in [-0.4, -0.2) is 50.4 Å². The van der Waals surface area contributed by atoms with Crippen LogP contribution in [0.3, 0.4) is 0 Å². The fraction of sp³-hybridized carbons (Fsp3) is 0.441. The Hall–Kier alpha value is -3.33. The summed E-state index contributed by atoms with van der Waals surface area (Å²) in [5.74, 6) is 7.83. The van der Waals surface area contributed by atoms with Gasteiger partial charge in [0.2, 0.25) is 0 Å². The Kier molecular flexibility index (Phi) is 6.44. The van der Waals surface area contributed by atoms with Crippen molar-refractivity contribution in [3.63, 3.8) is 0 Å². The van der Waals surface area contributed by atoms with Crippen LogP contribution < -0.4 is 9.64 Å². The van der Waals surface area contributed by atoms with Crippen molar-refractivity contribution >= 4 is 11.5 Å². The normalized spacial score (nSPS) is 31.4. The number of anilines is 1. The number of hydrogen-bond acceptors (Lipinski definition) is 5. The molecule has 6 rings (SSSR count). The smallest absolute Gasteiger partial charge is 0.156 e. The lowest BCUT2D eigenvalue weighted by molar-refractivity contribution is -0.115. The number of fused-ring (bicyclic) bond motifs is 4. The van der Waals surface area contributed by atoms with Crippen LogP contribution in [0.4, 0.5) is 5.69 Å². The average molecular weight is 524 g/mol. The molecule has 3 aliphatic carbocycles. The average Bonchev–Trinajstić information content (AvgIpc) is 3.21. The molecule has 1 aliphatic heterocycles. The maximum atomic E-state index is 12.3. The van der Waals surface area contributed by atoms with Crippen molar-refractivity contribution in [2.75, 3.05) is 32.7 Å². The molecule has 0 bridgehead atoms. The zero-order valence-corrected chi connectivity index (χ0v) is 23.3. The lowest BCUT2D eigenvalue weighted by atomic mass is 9.55. The van der Waals surface area contributed by atoms with Crippen molar-refractivity contribution in [2.24, 2.45) is 11.3 Å². The maximum absolute atomic E-state index is 12.3. The quantitative estimate of drug-likeness (QED) is 0.544. The molecule has 2 aromatic carbocycles. The number of methoxy groups -OCH3 is 1. The fourth-order valence-corrected chi connectivity index (χ4v) is 7.38. The summed E-state index contributed by atoms with van der Waals surface area (Å²) in [5.41, 5.74) is 5.35. The Labute approximate surface area is 231 Å². The van der Waals surface area contributed by atoms with Crippen LogP contribution >= 0.6 is 0 Å². The number of carbonyl (C=O) groups excluding carboxylic acids is 1. The van der Waals surface area contributed by atoms with E-state index in [2.05, 4.69) is 47.9 Å². The highest BCUT2D eigenvalue weighted by atomic mass is 16.5. The minimum absolute atomic E-state index is 0.0839. The van der Waals surface area contributed by atoms with Crippen molar-refractivity contribution in [2.45, 2.75) is 56.7 Å². The largest absolute Gasteiger partial charge is 0.497 e. The topological polar surface area (TPSA) is 59.0 Å². The highest BCUT2D eigenvalue weighted by molar-refractivity contribution is 5.93. The van der Waals surface area contributed by atoms with Crippen molar-refractivity contribution in [3.8, 4) is 17.6 Å². The second kappa shape index (κ2) is 9.70. The SMILES string of the molecule is COc1ccc(C#CC2(O)CCC3C4OCC5=CC(=O)CCC5=C4C(c4ccc(N(C)C)cc4)CC32C)cc1. The first-order chi connectivity index (χ1) is 18.7. The van der Waals surface area contributed by atoms with Gasteiger partial charge in [-0.1, -0.05) is 30.9 Å². The second-order valence-electron chi connectivity index (χ2n) is 11.9. The van der Waals surface area contributed by atoms with E-state index in [1.807, 2.05) is 38.4 Å². The first-order valence-electron chi connectivity index (χ1n) is 14.0. The number of nitrogens with zero attached hydrogens (tertiary/aromatic N) is 1. The van der Waals surface area contributed by atoms with Gasteiger partial charge in [-0.2, -0.15) is 0 Å². The molecule has 0 amide bonds.